The third-order valence-electron chi connectivity index (χ3n) is 1.50. The lowest BCUT2D eigenvalue weighted by molar-refractivity contribution is -0.121. The van der Waals surface area contributed by atoms with E-state index < -0.39 is 0 Å². The second-order valence-electron chi connectivity index (χ2n) is 2.62. The third kappa shape index (κ3) is 4.39. The molecule has 5 nitrogen and oxygen atoms in total. The molecule has 0 aliphatic carbocycles. The van der Waals surface area contributed by atoms with Crippen molar-refractivity contribution in [3.05, 3.63) is 30.3 Å². The molecule has 0 radical (unpaired) electrons. The Morgan fingerprint density at radius 3 is 2.67 bits per heavy atom. The molecule has 80 valence electrons. The SMILES string of the molecule is NNC(=S)NC(=O)COc1ccccc1. The summed E-state index contributed by atoms with van der Waals surface area (Å²) in [7, 11) is 0. The molecule has 0 fully saturated rings. The number of carbonyl (C=O) groups excluding carboxylic acids is 1. The van der Waals surface area contributed by atoms with Crippen LogP contribution in [0.25, 0.3) is 0 Å². The van der Waals surface area contributed by atoms with Gasteiger partial charge in [-0.2, -0.15) is 0 Å². The van der Waals surface area contributed by atoms with Gasteiger partial charge in [-0.1, -0.05) is 18.2 Å². The second kappa shape index (κ2) is 5.94. The van der Waals surface area contributed by atoms with Gasteiger partial charge in [0.15, 0.2) is 11.7 Å². The standard InChI is InChI=1S/C9H11N3O2S/c10-12-9(15)11-8(13)6-14-7-4-2-1-3-5-7/h1-5H,6,10H2,(H2,11,12,13,15). The molecule has 0 bridgehead atoms. The number of nitrogens with one attached hydrogen (secondary N) is 2. The zero-order valence-electron chi connectivity index (χ0n) is 7.90. The van der Waals surface area contributed by atoms with Crippen LogP contribution in [0.1, 0.15) is 0 Å². The predicted molar refractivity (Wildman–Crippen MR) is 60.0 cm³/mol. The predicted octanol–water partition coefficient (Wildman–Crippen LogP) is -0.0702. The number of nitrogens with two attached hydrogens (primary N) is 1. The van der Waals surface area contributed by atoms with Gasteiger partial charge in [-0.05, 0) is 24.4 Å². The molecule has 0 saturated heterocycles. The van der Waals surface area contributed by atoms with Gasteiger partial charge < -0.3 is 10.2 Å². The zero-order valence-corrected chi connectivity index (χ0v) is 8.71. The lowest BCUT2D eigenvalue weighted by atomic mass is 10.3. The zero-order chi connectivity index (χ0) is 11.1. The number of para-hydroxylation sites is 1. The first kappa shape index (κ1) is 11.4. The van der Waals surface area contributed by atoms with Crippen LogP contribution >= 0.6 is 12.2 Å². The molecule has 1 rings (SSSR count). The fraction of sp³-hybridized carbons (Fsp3) is 0.111. The van der Waals surface area contributed by atoms with E-state index >= 15 is 0 Å². The van der Waals surface area contributed by atoms with Crippen molar-refractivity contribution in [3.63, 3.8) is 0 Å². The molecule has 0 aliphatic heterocycles. The topological polar surface area (TPSA) is 76.4 Å². The highest BCUT2D eigenvalue weighted by atomic mass is 32.1. The molecule has 0 aliphatic rings. The van der Waals surface area contributed by atoms with Crippen molar-refractivity contribution >= 4 is 23.2 Å². The van der Waals surface area contributed by atoms with Crippen LogP contribution in [0.15, 0.2) is 30.3 Å². The molecule has 0 atom stereocenters. The summed E-state index contributed by atoms with van der Waals surface area (Å²) >= 11 is 4.64. The maximum Gasteiger partial charge on any atom is 0.264 e. The smallest absolute Gasteiger partial charge is 0.264 e. The van der Waals surface area contributed by atoms with Gasteiger partial charge >= 0.3 is 0 Å². The van der Waals surface area contributed by atoms with Gasteiger partial charge in [0.2, 0.25) is 0 Å². The first-order chi connectivity index (χ1) is 7.22. The molecule has 1 aromatic carbocycles. The average molecular weight is 225 g/mol. The summed E-state index contributed by atoms with van der Waals surface area (Å²) in [4.78, 5) is 11.2. The minimum atomic E-state index is -0.359. The quantitative estimate of drug-likeness (QED) is 0.381. The summed E-state index contributed by atoms with van der Waals surface area (Å²) in [5.74, 6) is 5.25. The summed E-state index contributed by atoms with van der Waals surface area (Å²) < 4.78 is 5.17. The number of rotatable bonds is 3. The van der Waals surface area contributed by atoms with Crippen LogP contribution < -0.4 is 21.3 Å². The van der Waals surface area contributed by atoms with Crippen molar-refractivity contribution in [1.29, 1.82) is 0 Å². The summed E-state index contributed by atoms with van der Waals surface area (Å²) in [5, 5.41) is 2.40. The first-order valence-electron chi connectivity index (χ1n) is 4.20. The highest BCUT2D eigenvalue weighted by molar-refractivity contribution is 7.80. The minimum absolute atomic E-state index is 0.0664. The van der Waals surface area contributed by atoms with Crippen molar-refractivity contribution in [3.8, 4) is 5.75 Å². The Morgan fingerprint density at radius 1 is 1.40 bits per heavy atom. The van der Waals surface area contributed by atoms with E-state index in [4.69, 9.17) is 10.6 Å². The van der Waals surface area contributed by atoms with E-state index in [9.17, 15) is 4.79 Å². The monoisotopic (exact) mass is 225 g/mol. The molecule has 6 heteroatoms. The Balaban J connectivity index is 2.32. The molecular formula is C9H11N3O2S. The molecule has 4 N–H and O–H groups in total. The molecule has 0 heterocycles. The Labute approximate surface area is 92.6 Å². The fourth-order valence-corrected chi connectivity index (χ4v) is 0.978. The van der Waals surface area contributed by atoms with Gasteiger partial charge in [-0.15, -0.1) is 0 Å². The van der Waals surface area contributed by atoms with Crippen LogP contribution in [-0.2, 0) is 4.79 Å². The van der Waals surface area contributed by atoms with E-state index in [0.29, 0.717) is 5.75 Å². The second-order valence-corrected chi connectivity index (χ2v) is 3.03. The van der Waals surface area contributed by atoms with Crippen molar-refractivity contribution in [2.75, 3.05) is 6.61 Å². The van der Waals surface area contributed by atoms with Gasteiger partial charge in [0.1, 0.15) is 5.75 Å². The van der Waals surface area contributed by atoms with E-state index in [1.54, 1.807) is 12.1 Å². The molecule has 1 aromatic rings. The lowest BCUT2D eigenvalue weighted by Gasteiger charge is -2.07. The highest BCUT2D eigenvalue weighted by Gasteiger charge is 2.03. The molecule has 15 heavy (non-hydrogen) atoms. The number of hydrazine groups is 1. The normalized spacial score (nSPS) is 9.13. The van der Waals surface area contributed by atoms with Gasteiger partial charge in [-0.3, -0.25) is 10.1 Å². The van der Waals surface area contributed by atoms with Gasteiger partial charge in [0.05, 0.1) is 0 Å². The summed E-state index contributed by atoms with van der Waals surface area (Å²) in [5.41, 5.74) is 2.14. The van der Waals surface area contributed by atoms with Crippen molar-refractivity contribution in [1.82, 2.24) is 10.7 Å². The fourth-order valence-electron chi connectivity index (χ4n) is 0.864. The molecule has 0 spiro atoms. The maximum atomic E-state index is 11.2. The van der Waals surface area contributed by atoms with E-state index in [2.05, 4.69) is 23.0 Å². The highest BCUT2D eigenvalue weighted by Crippen LogP contribution is 2.07. The minimum Gasteiger partial charge on any atom is -0.484 e. The van der Waals surface area contributed by atoms with Crippen LogP contribution in [0.2, 0.25) is 0 Å². The van der Waals surface area contributed by atoms with Crippen LogP contribution in [0.5, 0.6) is 5.75 Å². The molecule has 0 aromatic heterocycles. The Morgan fingerprint density at radius 2 is 2.07 bits per heavy atom. The van der Waals surface area contributed by atoms with Crippen LogP contribution in [0, 0.1) is 0 Å². The van der Waals surface area contributed by atoms with Crippen molar-refractivity contribution in [2.45, 2.75) is 0 Å². The van der Waals surface area contributed by atoms with E-state index in [0.717, 1.165) is 0 Å². The third-order valence-corrected chi connectivity index (χ3v) is 1.72. The van der Waals surface area contributed by atoms with Crippen molar-refractivity contribution in [2.24, 2.45) is 5.84 Å². The molecule has 0 saturated carbocycles. The van der Waals surface area contributed by atoms with E-state index in [1.807, 2.05) is 18.2 Å². The van der Waals surface area contributed by atoms with Crippen LogP contribution in [-0.4, -0.2) is 17.6 Å². The Kier molecular flexibility index (Phi) is 4.52. The number of thiocarbonyl (C=S) groups is 1. The number of carbonyl (C=O) groups is 1. The Hall–Kier alpha value is -1.66. The van der Waals surface area contributed by atoms with E-state index in [1.165, 1.54) is 0 Å². The van der Waals surface area contributed by atoms with Gasteiger partial charge in [-0.25, -0.2) is 5.84 Å². The first-order valence-corrected chi connectivity index (χ1v) is 4.61. The largest absolute Gasteiger partial charge is 0.484 e. The van der Waals surface area contributed by atoms with Gasteiger partial charge in [0.25, 0.3) is 5.91 Å². The number of ether oxygens (including phenoxy) is 1. The Bertz CT molecular complexity index is 342. The average Bonchev–Trinajstić information content (AvgIpc) is 2.27. The maximum absolute atomic E-state index is 11.2. The summed E-state index contributed by atoms with van der Waals surface area (Å²) in [6.45, 7) is -0.105. The molecule has 1 amide bonds. The lowest BCUT2D eigenvalue weighted by Crippen LogP contribution is -2.44. The van der Waals surface area contributed by atoms with Gasteiger partial charge in [0, 0.05) is 0 Å². The molecular weight excluding hydrogens is 214 g/mol. The molecule has 0 unspecified atom stereocenters. The van der Waals surface area contributed by atoms with Crippen molar-refractivity contribution < 1.29 is 9.53 Å². The van der Waals surface area contributed by atoms with E-state index in [-0.39, 0.29) is 17.6 Å². The summed E-state index contributed by atoms with van der Waals surface area (Å²) in [6.07, 6.45) is 0. The number of hydrogen-bond acceptors (Lipinski definition) is 4. The number of benzene rings is 1. The number of amides is 1. The number of hydrogen-bond donors (Lipinski definition) is 3. The summed E-state index contributed by atoms with van der Waals surface area (Å²) in [6, 6.07) is 9.01. The van der Waals surface area contributed by atoms with Crippen LogP contribution in [0.3, 0.4) is 0 Å². The van der Waals surface area contributed by atoms with Crippen LogP contribution in [0.4, 0.5) is 0 Å².